The van der Waals surface area contributed by atoms with Crippen LogP contribution in [0.1, 0.15) is 23.7 Å². The first-order valence-corrected chi connectivity index (χ1v) is 10.7. The predicted molar refractivity (Wildman–Crippen MR) is 120 cm³/mol. The fourth-order valence-electron chi connectivity index (χ4n) is 3.27. The van der Waals surface area contributed by atoms with Crippen molar-refractivity contribution in [3.63, 3.8) is 0 Å². The maximum atomic E-state index is 12.8. The Balaban J connectivity index is 1.68. The molecule has 3 rings (SSSR count). The van der Waals surface area contributed by atoms with E-state index in [0.29, 0.717) is 12.0 Å². The second-order valence-electron chi connectivity index (χ2n) is 7.29. The third-order valence-corrected chi connectivity index (χ3v) is 6.07. The number of fused-ring (bicyclic) bond motifs is 1. The molecule has 1 heterocycles. The van der Waals surface area contributed by atoms with Gasteiger partial charge in [0.15, 0.2) is 0 Å². The molecule has 3 aromatic rings. The smallest absolute Gasteiger partial charge is 0.251 e. The molecule has 0 aliphatic carbocycles. The zero-order chi connectivity index (χ0) is 22.2. The van der Waals surface area contributed by atoms with Crippen molar-refractivity contribution < 1.29 is 24.3 Å². The average molecular weight is 443 g/mol. The molecule has 0 radical (unpaired) electrons. The number of ether oxygens (including phenoxy) is 2. The highest BCUT2D eigenvalue weighted by molar-refractivity contribution is 7.22. The van der Waals surface area contributed by atoms with Crippen LogP contribution in [-0.4, -0.2) is 43.6 Å². The topological polar surface area (TPSA) is 96.9 Å². The number of hydrogen-bond acceptors (Lipinski definition) is 6. The second kappa shape index (κ2) is 11.0. The van der Waals surface area contributed by atoms with Gasteiger partial charge < -0.3 is 14.8 Å². The highest BCUT2D eigenvalue weighted by Gasteiger charge is 2.21. The van der Waals surface area contributed by atoms with Gasteiger partial charge in [-0.25, -0.2) is 5.48 Å². The van der Waals surface area contributed by atoms with E-state index in [0.717, 1.165) is 10.4 Å². The Morgan fingerprint density at radius 3 is 2.55 bits per heavy atom. The molecule has 7 nitrogen and oxygen atoms in total. The molecule has 0 spiro atoms. The summed E-state index contributed by atoms with van der Waals surface area (Å²) in [4.78, 5) is 25.5. The Morgan fingerprint density at radius 1 is 1.13 bits per heavy atom. The van der Waals surface area contributed by atoms with Gasteiger partial charge in [-0.15, -0.1) is 11.3 Å². The SMILES string of the molecule is COCOC[C@H](C[C@H](C)C(=O)NO)NC(=O)c1ccc(-c2cc3ccccc3s2)cc1. The lowest BCUT2D eigenvalue weighted by Crippen LogP contribution is -2.41. The van der Waals surface area contributed by atoms with Gasteiger partial charge in [-0.05, 0) is 41.6 Å². The van der Waals surface area contributed by atoms with E-state index in [2.05, 4.69) is 23.5 Å². The summed E-state index contributed by atoms with van der Waals surface area (Å²) in [6, 6.07) is 17.4. The Kier molecular flexibility index (Phi) is 8.13. The molecule has 0 saturated carbocycles. The van der Waals surface area contributed by atoms with E-state index in [1.807, 2.05) is 24.3 Å². The van der Waals surface area contributed by atoms with E-state index < -0.39 is 17.9 Å². The van der Waals surface area contributed by atoms with Gasteiger partial charge in [-0.2, -0.15) is 0 Å². The van der Waals surface area contributed by atoms with Gasteiger partial charge in [0.05, 0.1) is 12.6 Å². The van der Waals surface area contributed by atoms with E-state index in [1.54, 1.807) is 35.9 Å². The van der Waals surface area contributed by atoms with Crippen LogP contribution in [0.3, 0.4) is 0 Å². The molecule has 8 heteroatoms. The highest BCUT2D eigenvalue weighted by atomic mass is 32.1. The fraction of sp³-hybridized carbons (Fsp3) is 0.304. The molecular weight excluding hydrogens is 416 g/mol. The number of benzene rings is 2. The van der Waals surface area contributed by atoms with Crippen molar-refractivity contribution in [1.82, 2.24) is 10.8 Å². The molecule has 1 aromatic heterocycles. The molecule has 0 bridgehead atoms. The van der Waals surface area contributed by atoms with Gasteiger partial charge in [-0.3, -0.25) is 14.8 Å². The standard InChI is InChI=1S/C23H26N2O5S/c1-15(22(26)25-28)11-19(13-30-14-29-2)24-23(27)17-9-7-16(8-10-17)21-12-18-5-3-4-6-20(18)31-21/h3-10,12,15,19,28H,11,13-14H2,1-2H3,(H,24,27)(H,25,26)/t15-,19-/m0/s1. The molecule has 0 aliphatic rings. The number of hydroxylamine groups is 1. The number of carbonyl (C=O) groups excluding carboxylic acids is 2. The summed E-state index contributed by atoms with van der Waals surface area (Å²) < 4.78 is 11.5. The molecule has 0 aliphatic heterocycles. The van der Waals surface area contributed by atoms with Crippen LogP contribution < -0.4 is 10.8 Å². The van der Waals surface area contributed by atoms with Gasteiger partial charge in [0, 0.05) is 28.2 Å². The van der Waals surface area contributed by atoms with Gasteiger partial charge in [0.25, 0.3) is 5.91 Å². The van der Waals surface area contributed by atoms with Crippen LogP contribution in [0.4, 0.5) is 0 Å². The van der Waals surface area contributed by atoms with Gasteiger partial charge >= 0.3 is 0 Å². The average Bonchev–Trinajstić information content (AvgIpc) is 3.23. The number of thiophene rings is 1. The summed E-state index contributed by atoms with van der Waals surface area (Å²) in [7, 11) is 1.51. The lowest BCUT2D eigenvalue weighted by atomic mass is 10.0. The van der Waals surface area contributed by atoms with Gasteiger partial charge in [0.1, 0.15) is 6.79 Å². The van der Waals surface area contributed by atoms with Crippen LogP contribution in [0, 0.1) is 5.92 Å². The van der Waals surface area contributed by atoms with Gasteiger partial charge in [-0.1, -0.05) is 37.3 Å². The van der Waals surface area contributed by atoms with Crippen molar-refractivity contribution in [3.05, 3.63) is 60.2 Å². The molecule has 0 saturated heterocycles. The lowest BCUT2D eigenvalue weighted by molar-refractivity contribution is -0.133. The third-order valence-electron chi connectivity index (χ3n) is 4.91. The monoisotopic (exact) mass is 442 g/mol. The summed E-state index contributed by atoms with van der Waals surface area (Å²) in [5.74, 6) is -1.28. The largest absolute Gasteiger partial charge is 0.359 e. The second-order valence-corrected chi connectivity index (χ2v) is 8.37. The quantitative estimate of drug-likeness (QED) is 0.192. The molecule has 2 amide bonds. The van der Waals surface area contributed by atoms with E-state index in [4.69, 9.17) is 14.7 Å². The summed E-state index contributed by atoms with van der Waals surface area (Å²) in [6.07, 6.45) is 0.307. The first-order chi connectivity index (χ1) is 15.0. The zero-order valence-electron chi connectivity index (χ0n) is 17.5. The Morgan fingerprint density at radius 2 is 1.87 bits per heavy atom. The number of methoxy groups -OCH3 is 1. The molecule has 164 valence electrons. The minimum atomic E-state index is -0.515. The lowest BCUT2D eigenvalue weighted by Gasteiger charge is -2.21. The molecule has 0 fully saturated rings. The van der Waals surface area contributed by atoms with E-state index in [-0.39, 0.29) is 19.3 Å². The zero-order valence-corrected chi connectivity index (χ0v) is 18.3. The van der Waals surface area contributed by atoms with Crippen molar-refractivity contribution in [2.45, 2.75) is 19.4 Å². The summed E-state index contributed by atoms with van der Waals surface area (Å²) in [5.41, 5.74) is 3.20. The fourth-order valence-corrected chi connectivity index (χ4v) is 4.33. The maximum absolute atomic E-state index is 12.8. The molecule has 0 unspecified atom stereocenters. The Bertz CT molecular complexity index is 985. The number of amides is 2. The molecule has 2 atom stereocenters. The third kappa shape index (κ3) is 6.11. The minimum Gasteiger partial charge on any atom is -0.359 e. The molecule has 31 heavy (non-hydrogen) atoms. The van der Waals surface area contributed by atoms with Crippen LogP contribution in [0.25, 0.3) is 20.5 Å². The minimum absolute atomic E-state index is 0.0802. The summed E-state index contributed by atoms with van der Waals surface area (Å²) in [5, 5.41) is 12.9. The predicted octanol–water partition coefficient (Wildman–Crippen LogP) is 3.82. The van der Waals surface area contributed by atoms with Crippen LogP contribution in [0.2, 0.25) is 0 Å². The normalized spacial score (nSPS) is 13.0. The number of hydrogen-bond donors (Lipinski definition) is 3. The number of rotatable bonds is 10. The molecule has 3 N–H and O–H groups in total. The Labute approximate surface area is 184 Å². The van der Waals surface area contributed by atoms with Crippen LogP contribution >= 0.6 is 11.3 Å². The van der Waals surface area contributed by atoms with Crippen LogP contribution in [0.5, 0.6) is 0 Å². The van der Waals surface area contributed by atoms with Crippen molar-refractivity contribution >= 4 is 33.2 Å². The maximum Gasteiger partial charge on any atom is 0.251 e. The van der Waals surface area contributed by atoms with E-state index in [1.165, 1.54) is 17.2 Å². The van der Waals surface area contributed by atoms with E-state index >= 15 is 0 Å². The van der Waals surface area contributed by atoms with Crippen LogP contribution in [-0.2, 0) is 14.3 Å². The van der Waals surface area contributed by atoms with Gasteiger partial charge in [0.2, 0.25) is 5.91 Å². The number of carbonyl (C=O) groups is 2. The van der Waals surface area contributed by atoms with Crippen molar-refractivity contribution in [2.24, 2.45) is 5.92 Å². The number of nitrogens with one attached hydrogen (secondary N) is 2. The highest BCUT2D eigenvalue weighted by Crippen LogP contribution is 2.33. The molecule has 2 aromatic carbocycles. The van der Waals surface area contributed by atoms with Crippen molar-refractivity contribution in [2.75, 3.05) is 20.5 Å². The summed E-state index contributed by atoms with van der Waals surface area (Å²) >= 11 is 1.71. The first kappa shape index (κ1) is 22.9. The van der Waals surface area contributed by atoms with Crippen molar-refractivity contribution in [3.8, 4) is 10.4 Å². The van der Waals surface area contributed by atoms with E-state index in [9.17, 15) is 9.59 Å². The first-order valence-electron chi connectivity index (χ1n) is 9.92. The van der Waals surface area contributed by atoms with Crippen LogP contribution in [0.15, 0.2) is 54.6 Å². The summed E-state index contributed by atoms with van der Waals surface area (Å²) in [6.45, 7) is 1.93. The van der Waals surface area contributed by atoms with Crippen molar-refractivity contribution in [1.29, 1.82) is 0 Å². The molecular formula is C23H26N2O5S. The Hall–Kier alpha value is -2.78.